The molecule has 2 heteroatoms. The normalized spacial score (nSPS) is 12.7. The van der Waals surface area contributed by atoms with Crippen molar-refractivity contribution in [2.24, 2.45) is 10.7 Å². The Balaban J connectivity index is 1.04. The third-order valence-corrected chi connectivity index (χ3v) is 13.1. The lowest BCUT2D eigenvalue weighted by atomic mass is 9.88. The molecule has 0 bridgehead atoms. The Bertz CT molecular complexity index is 3840. The van der Waals surface area contributed by atoms with Gasteiger partial charge in [0.15, 0.2) is 0 Å². The topological polar surface area (TPSA) is 38.4 Å². The summed E-state index contributed by atoms with van der Waals surface area (Å²) >= 11 is 0. The van der Waals surface area contributed by atoms with Crippen molar-refractivity contribution in [3.05, 3.63) is 247 Å². The van der Waals surface area contributed by atoms with Crippen LogP contribution in [-0.2, 0) is 0 Å². The van der Waals surface area contributed by atoms with Crippen LogP contribution in [0.5, 0.6) is 0 Å². The van der Waals surface area contributed by atoms with Gasteiger partial charge in [0.05, 0.1) is 11.7 Å². The first kappa shape index (κ1) is 37.6. The van der Waals surface area contributed by atoms with Crippen LogP contribution in [0.15, 0.2) is 236 Å². The highest BCUT2D eigenvalue weighted by molar-refractivity contribution is 6.32. The molecule has 0 heterocycles. The van der Waals surface area contributed by atoms with Gasteiger partial charge in [0.2, 0.25) is 0 Å². The maximum absolute atomic E-state index is 7.32. The van der Waals surface area contributed by atoms with Gasteiger partial charge in [-0.25, -0.2) is 0 Å². The zero-order valence-electron chi connectivity index (χ0n) is 35.1. The number of hydrogen-bond acceptors (Lipinski definition) is 2. The van der Waals surface area contributed by atoms with Crippen molar-refractivity contribution in [1.29, 1.82) is 0 Å². The molecule has 12 rings (SSSR count). The second-order valence-corrected chi connectivity index (χ2v) is 16.7. The first-order chi connectivity index (χ1) is 31.7. The van der Waals surface area contributed by atoms with Gasteiger partial charge in [-0.3, -0.25) is 4.99 Å². The first-order valence-electron chi connectivity index (χ1n) is 22.0. The van der Waals surface area contributed by atoms with E-state index in [0.29, 0.717) is 0 Å². The second kappa shape index (κ2) is 15.6. The monoisotopic (exact) mass is 814 g/mol. The zero-order chi connectivity index (χ0) is 42.6. The van der Waals surface area contributed by atoms with Gasteiger partial charge in [-0.1, -0.05) is 212 Å². The van der Waals surface area contributed by atoms with E-state index in [9.17, 15) is 0 Å². The molecule has 0 aliphatic rings. The SMILES string of the molecule is NC(/C=C(\N=C\c1ccc(-c2c3ccccc3cc3c2ccc2ccccc23)cc1)c1cc2c3ccccc3c3ccccc3c2c2ccccc12)c1ccccc1-c1ccccc1. The number of rotatable bonds is 7. The molecule has 0 amide bonds. The molecule has 0 radical (unpaired) electrons. The fourth-order valence-corrected chi connectivity index (χ4v) is 10.1. The van der Waals surface area contributed by atoms with Gasteiger partial charge in [0.25, 0.3) is 0 Å². The van der Waals surface area contributed by atoms with E-state index in [-0.39, 0.29) is 0 Å². The maximum atomic E-state index is 7.32. The highest BCUT2D eigenvalue weighted by Crippen LogP contribution is 2.43. The van der Waals surface area contributed by atoms with Gasteiger partial charge < -0.3 is 5.73 Å². The lowest BCUT2D eigenvalue weighted by Crippen LogP contribution is -2.09. The molecule has 0 saturated heterocycles. The van der Waals surface area contributed by atoms with E-state index < -0.39 is 6.04 Å². The molecule has 300 valence electrons. The molecule has 0 fully saturated rings. The predicted molar refractivity (Wildman–Crippen MR) is 275 cm³/mol. The van der Waals surface area contributed by atoms with Crippen LogP contribution < -0.4 is 5.73 Å². The molecule has 0 aliphatic heterocycles. The Morgan fingerprint density at radius 2 is 0.953 bits per heavy atom. The Labute approximate surface area is 371 Å². The van der Waals surface area contributed by atoms with E-state index >= 15 is 0 Å². The van der Waals surface area contributed by atoms with E-state index in [1.54, 1.807) is 0 Å². The summed E-state index contributed by atoms with van der Waals surface area (Å²) in [5.74, 6) is 0. The fourth-order valence-electron chi connectivity index (χ4n) is 10.1. The summed E-state index contributed by atoms with van der Waals surface area (Å²) in [5, 5.41) is 17.2. The van der Waals surface area contributed by atoms with Crippen LogP contribution in [0.2, 0.25) is 0 Å². The van der Waals surface area contributed by atoms with Crippen LogP contribution in [0.4, 0.5) is 0 Å². The molecule has 2 nitrogen and oxygen atoms in total. The van der Waals surface area contributed by atoms with Crippen molar-refractivity contribution in [3.63, 3.8) is 0 Å². The summed E-state index contributed by atoms with van der Waals surface area (Å²) in [6, 6.07) is 80.3. The molecule has 0 aromatic heterocycles. The number of hydrogen-bond donors (Lipinski definition) is 1. The molecule has 1 atom stereocenters. The van der Waals surface area contributed by atoms with Crippen molar-refractivity contribution in [3.8, 4) is 22.3 Å². The van der Waals surface area contributed by atoms with Crippen molar-refractivity contribution < 1.29 is 0 Å². The van der Waals surface area contributed by atoms with Crippen LogP contribution in [0.1, 0.15) is 22.7 Å². The second-order valence-electron chi connectivity index (χ2n) is 16.7. The predicted octanol–water partition coefficient (Wildman–Crippen LogP) is 16.3. The minimum Gasteiger partial charge on any atom is -0.321 e. The molecule has 64 heavy (non-hydrogen) atoms. The average molecular weight is 815 g/mol. The summed E-state index contributed by atoms with van der Waals surface area (Å²) in [6.45, 7) is 0. The van der Waals surface area contributed by atoms with Crippen molar-refractivity contribution in [2.75, 3.05) is 0 Å². The summed E-state index contributed by atoms with van der Waals surface area (Å²) in [4.78, 5) is 5.42. The van der Waals surface area contributed by atoms with Gasteiger partial charge in [-0.05, 0) is 127 Å². The quantitative estimate of drug-likeness (QED) is 0.0971. The molecular weight excluding hydrogens is 773 g/mol. The van der Waals surface area contributed by atoms with E-state index in [1.165, 1.54) is 81.1 Å². The third kappa shape index (κ3) is 6.35. The average Bonchev–Trinajstić information content (AvgIpc) is 3.37. The summed E-state index contributed by atoms with van der Waals surface area (Å²) in [5.41, 5.74) is 15.9. The number of nitrogens with two attached hydrogens (primary N) is 1. The zero-order valence-corrected chi connectivity index (χ0v) is 35.1. The summed E-state index contributed by atoms with van der Waals surface area (Å²) < 4.78 is 0. The van der Waals surface area contributed by atoms with Crippen molar-refractivity contribution in [1.82, 2.24) is 0 Å². The van der Waals surface area contributed by atoms with Crippen LogP contribution >= 0.6 is 0 Å². The van der Waals surface area contributed by atoms with Crippen LogP contribution in [0.25, 0.3) is 103 Å². The van der Waals surface area contributed by atoms with Gasteiger partial charge in [-0.2, -0.15) is 0 Å². The molecule has 0 aliphatic carbocycles. The fraction of sp³-hybridized carbons (Fsp3) is 0.0161. The summed E-state index contributed by atoms with van der Waals surface area (Å²) in [6.07, 6.45) is 4.15. The van der Waals surface area contributed by atoms with Crippen molar-refractivity contribution >= 4 is 87.3 Å². The Hall–Kier alpha value is -8.17. The largest absolute Gasteiger partial charge is 0.321 e. The van der Waals surface area contributed by atoms with Gasteiger partial charge in [0, 0.05) is 11.8 Å². The van der Waals surface area contributed by atoms with Crippen LogP contribution in [0, 0.1) is 0 Å². The smallest absolute Gasteiger partial charge is 0.0687 e. The van der Waals surface area contributed by atoms with Gasteiger partial charge in [0.1, 0.15) is 0 Å². The van der Waals surface area contributed by atoms with Crippen molar-refractivity contribution in [2.45, 2.75) is 6.04 Å². The Morgan fingerprint density at radius 1 is 0.391 bits per heavy atom. The number of nitrogens with zero attached hydrogens (tertiary/aromatic N) is 1. The Morgan fingerprint density at radius 3 is 1.70 bits per heavy atom. The number of benzene rings is 12. The highest BCUT2D eigenvalue weighted by Gasteiger charge is 2.18. The molecule has 12 aromatic rings. The van der Waals surface area contributed by atoms with E-state index in [0.717, 1.165) is 38.9 Å². The molecule has 0 spiro atoms. The molecule has 12 aromatic carbocycles. The molecule has 2 N–H and O–H groups in total. The van der Waals surface area contributed by atoms with E-state index in [4.69, 9.17) is 10.7 Å². The minimum absolute atomic E-state index is 0.440. The first-order valence-corrected chi connectivity index (χ1v) is 22.0. The highest BCUT2D eigenvalue weighted by atomic mass is 14.7. The lowest BCUT2D eigenvalue weighted by Gasteiger charge is -2.18. The van der Waals surface area contributed by atoms with E-state index in [1.807, 2.05) is 6.21 Å². The standard InChI is InChI=1S/C62H42N2/c63-59(52-27-13-8-20-45(52)41-16-2-1-3-17-41)38-60(57-37-58-50-25-10-9-23-48(50)49-24-11-14-28-53(49)62(58)54-29-15-12-26-51(54)57)64-39-40-30-32-43(33-31-40)61-47-22-7-5-19-44(47)36-56-46-21-6-4-18-42(46)34-35-55(56)61/h1-39,59H,63H2/b60-38-,64-39+. The van der Waals surface area contributed by atoms with Crippen LogP contribution in [0.3, 0.4) is 0 Å². The van der Waals surface area contributed by atoms with Gasteiger partial charge in [-0.15, -0.1) is 0 Å². The Kier molecular flexibility index (Phi) is 9.18. The molecule has 0 saturated carbocycles. The lowest BCUT2D eigenvalue weighted by molar-refractivity contribution is 0.914. The van der Waals surface area contributed by atoms with Gasteiger partial charge >= 0.3 is 0 Å². The van der Waals surface area contributed by atoms with Crippen LogP contribution in [-0.4, -0.2) is 6.21 Å². The number of aliphatic imine (C=N–C) groups is 1. The maximum Gasteiger partial charge on any atom is 0.0687 e. The van der Waals surface area contributed by atoms with E-state index in [2.05, 4.69) is 231 Å². The summed E-state index contributed by atoms with van der Waals surface area (Å²) in [7, 11) is 0. The third-order valence-electron chi connectivity index (χ3n) is 13.1. The number of fused-ring (bicyclic) bond motifs is 12. The molecule has 1 unspecified atom stereocenters. The minimum atomic E-state index is -0.440. The molecular formula is C62H42N2.